The Morgan fingerprint density at radius 3 is 2.50 bits per heavy atom. The van der Waals surface area contributed by atoms with Crippen molar-refractivity contribution in [1.29, 1.82) is 0 Å². The van der Waals surface area contributed by atoms with Crippen molar-refractivity contribution in [2.24, 2.45) is 0 Å². The SMILES string of the molecule is Cc1cc(C(=O)O)ccc1-c1cccc(O)c1F. The number of carboxylic acid groups (broad SMARTS) is 1. The van der Waals surface area contributed by atoms with E-state index in [4.69, 9.17) is 5.11 Å². The van der Waals surface area contributed by atoms with Gasteiger partial charge in [0.25, 0.3) is 0 Å². The fraction of sp³-hybridized carbons (Fsp3) is 0.0714. The number of phenols is 1. The van der Waals surface area contributed by atoms with Gasteiger partial charge in [0.15, 0.2) is 11.6 Å². The molecule has 0 bridgehead atoms. The van der Waals surface area contributed by atoms with Gasteiger partial charge in [-0.1, -0.05) is 18.2 Å². The van der Waals surface area contributed by atoms with Crippen molar-refractivity contribution in [2.45, 2.75) is 6.92 Å². The lowest BCUT2D eigenvalue weighted by molar-refractivity contribution is 0.0697. The largest absolute Gasteiger partial charge is 0.505 e. The Morgan fingerprint density at radius 2 is 1.89 bits per heavy atom. The van der Waals surface area contributed by atoms with Crippen LogP contribution in [-0.4, -0.2) is 16.2 Å². The number of aromatic hydroxyl groups is 1. The molecule has 18 heavy (non-hydrogen) atoms. The highest BCUT2D eigenvalue weighted by Gasteiger charge is 2.12. The summed E-state index contributed by atoms with van der Waals surface area (Å²) in [5, 5.41) is 18.2. The Labute approximate surface area is 103 Å². The molecule has 0 aliphatic heterocycles. The summed E-state index contributed by atoms with van der Waals surface area (Å²) in [4.78, 5) is 10.8. The molecular weight excluding hydrogens is 235 g/mol. The van der Waals surface area contributed by atoms with Crippen LogP contribution in [0.5, 0.6) is 5.75 Å². The number of carbonyl (C=O) groups is 1. The molecule has 2 aromatic carbocycles. The van der Waals surface area contributed by atoms with Crippen LogP contribution in [0.4, 0.5) is 4.39 Å². The van der Waals surface area contributed by atoms with Crippen molar-refractivity contribution in [3.05, 3.63) is 53.3 Å². The Hall–Kier alpha value is -2.36. The van der Waals surface area contributed by atoms with Gasteiger partial charge in [0.05, 0.1) is 5.56 Å². The lowest BCUT2D eigenvalue weighted by Gasteiger charge is -2.09. The summed E-state index contributed by atoms with van der Waals surface area (Å²) in [6, 6.07) is 8.77. The molecule has 0 saturated heterocycles. The zero-order valence-corrected chi connectivity index (χ0v) is 9.64. The molecule has 2 rings (SSSR count). The second-order valence-electron chi connectivity index (χ2n) is 3.97. The van der Waals surface area contributed by atoms with E-state index in [2.05, 4.69) is 0 Å². The molecule has 92 valence electrons. The van der Waals surface area contributed by atoms with Crippen LogP contribution in [0, 0.1) is 12.7 Å². The van der Waals surface area contributed by atoms with Crippen molar-refractivity contribution in [2.75, 3.05) is 0 Å². The molecule has 2 N–H and O–H groups in total. The van der Waals surface area contributed by atoms with E-state index in [1.54, 1.807) is 6.92 Å². The van der Waals surface area contributed by atoms with Gasteiger partial charge in [0.2, 0.25) is 0 Å². The van der Waals surface area contributed by atoms with Crippen LogP contribution in [0.25, 0.3) is 11.1 Å². The van der Waals surface area contributed by atoms with Crippen molar-refractivity contribution in [3.63, 3.8) is 0 Å². The van der Waals surface area contributed by atoms with Gasteiger partial charge in [-0.05, 0) is 36.2 Å². The van der Waals surface area contributed by atoms with Gasteiger partial charge in [-0.15, -0.1) is 0 Å². The third-order valence-electron chi connectivity index (χ3n) is 2.74. The van der Waals surface area contributed by atoms with Crippen LogP contribution in [0.1, 0.15) is 15.9 Å². The van der Waals surface area contributed by atoms with Crippen molar-refractivity contribution in [1.82, 2.24) is 0 Å². The summed E-state index contributed by atoms with van der Waals surface area (Å²) in [5.74, 6) is -2.15. The maximum absolute atomic E-state index is 13.8. The number of carboxylic acids is 1. The summed E-state index contributed by atoms with van der Waals surface area (Å²) in [6.07, 6.45) is 0. The topological polar surface area (TPSA) is 57.5 Å². The molecule has 0 amide bonds. The third kappa shape index (κ3) is 2.05. The molecule has 0 radical (unpaired) electrons. The average Bonchev–Trinajstić information content (AvgIpc) is 2.33. The smallest absolute Gasteiger partial charge is 0.335 e. The molecule has 0 heterocycles. The number of hydrogen-bond donors (Lipinski definition) is 2. The minimum atomic E-state index is -1.03. The number of halogens is 1. The predicted octanol–water partition coefficient (Wildman–Crippen LogP) is 3.20. The number of aryl methyl sites for hydroxylation is 1. The predicted molar refractivity (Wildman–Crippen MR) is 65.2 cm³/mol. The summed E-state index contributed by atoms with van der Waals surface area (Å²) >= 11 is 0. The van der Waals surface area contributed by atoms with E-state index in [0.717, 1.165) is 0 Å². The third-order valence-corrected chi connectivity index (χ3v) is 2.74. The second kappa shape index (κ2) is 4.49. The van der Waals surface area contributed by atoms with E-state index < -0.39 is 17.5 Å². The molecule has 0 atom stereocenters. The van der Waals surface area contributed by atoms with E-state index in [1.165, 1.54) is 36.4 Å². The summed E-state index contributed by atoms with van der Waals surface area (Å²) < 4.78 is 13.8. The molecule has 0 aromatic heterocycles. The van der Waals surface area contributed by atoms with Gasteiger partial charge in [0.1, 0.15) is 0 Å². The Balaban J connectivity index is 2.58. The van der Waals surface area contributed by atoms with E-state index in [0.29, 0.717) is 11.1 Å². The van der Waals surface area contributed by atoms with Crippen LogP contribution in [-0.2, 0) is 0 Å². The number of benzene rings is 2. The zero-order chi connectivity index (χ0) is 13.3. The van der Waals surface area contributed by atoms with Gasteiger partial charge in [-0.2, -0.15) is 0 Å². The molecule has 0 aliphatic rings. The number of rotatable bonds is 2. The Bertz CT molecular complexity index is 620. The zero-order valence-electron chi connectivity index (χ0n) is 9.64. The molecule has 3 nitrogen and oxygen atoms in total. The van der Waals surface area contributed by atoms with E-state index in [1.807, 2.05) is 0 Å². The monoisotopic (exact) mass is 246 g/mol. The van der Waals surface area contributed by atoms with E-state index in [9.17, 15) is 14.3 Å². The van der Waals surface area contributed by atoms with Crippen molar-refractivity contribution < 1.29 is 19.4 Å². The van der Waals surface area contributed by atoms with Crippen LogP contribution in [0.3, 0.4) is 0 Å². The first-order chi connectivity index (χ1) is 8.50. The highest BCUT2D eigenvalue weighted by atomic mass is 19.1. The quantitative estimate of drug-likeness (QED) is 0.855. The van der Waals surface area contributed by atoms with E-state index >= 15 is 0 Å². The van der Waals surface area contributed by atoms with Gasteiger partial charge >= 0.3 is 5.97 Å². The second-order valence-corrected chi connectivity index (χ2v) is 3.97. The first-order valence-corrected chi connectivity index (χ1v) is 5.32. The summed E-state index contributed by atoms with van der Waals surface area (Å²) in [7, 11) is 0. The van der Waals surface area contributed by atoms with Crippen LogP contribution in [0.15, 0.2) is 36.4 Å². The lowest BCUT2D eigenvalue weighted by atomic mass is 9.98. The fourth-order valence-electron chi connectivity index (χ4n) is 1.83. The molecule has 4 heteroatoms. The van der Waals surface area contributed by atoms with Gasteiger partial charge < -0.3 is 10.2 Å². The number of hydrogen-bond acceptors (Lipinski definition) is 2. The van der Waals surface area contributed by atoms with Crippen LogP contribution < -0.4 is 0 Å². The van der Waals surface area contributed by atoms with Crippen LogP contribution in [0.2, 0.25) is 0 Å². The van der Waals surface area contributed by atoms with Crippen LogP contribution >= 0.6 is 0 Å². The summed E-state index contributed by atoms with van der Waals surface area (Å²) in [5.41, 5.74) is 1.61. The first-order valence-electron chi connectivity index (χ1n) is 5.32. The normalized spacial score (nSPS) is 10.3. The summed E-state index contributed by atoms with van der Waals surface area (Å²) in [6.45, 7) is 1.70. The van der Waals surface area contributed by atoms with Crippen molar-refractivity contribution in [3.8, 4) is 16.9 Å². The van der Waals surface area contributed by atoms with Crippen molar-refractivity contribution >= 4 is 5.97 Å². The molecule has 0 aliphatic carbocycles. The molecule has 0 fully saturated rings. The Kier molecular flexibility index (Phi) is 3.02. The average molecular weight is 246 g/mol. The highest BCUT2D eigenvalue weighted by molar-refractivity contribution is 5.89. The molecule has 0 saturated carbocycles. The Morgan fingerprint density at radius 1 is 1.17 bits per heavy atom. The molecule has 0 unspecified atom stereocenters. The lowest BCUT2D eigenvalue weighted by Crippen LogP contribution is -1.97. The van der Waals surface area contributed by atoms with E-state index in [-0.39, 0.29) is 11.1 Å². The van der Waals surface area contributed by atoms with Gasteiger partial charge in [0, 0.05) is 5.56 Å². The van der Waals surface area contributed by atoms with Gasteiger partial charge in [-0.25, -0.2) is 9.18 Å². The standard InChI is InChI=1S/C14H11FO3/c1-8-7-9(14(17)18)5-6-10(8)11-3-2-4-12(16)13(11)15/h2-7,16H,1H3,(H,17,18). The number of phenolic OH excluding ortho intramolecular Hbond substituents is 1. The molecule has 0 spiro atoms. The number of aromatic carboxylic acids is 1. The fourth-order valence-corrected chi connectivity index (χ4v) is 1.83. The maximum Gasteiger partial charge on any atom is 0.335 e. The highest BCUT2D eigenvalue weighted by Crippen LogP contribution is 2.30. The minimum absolute atomic E-state index is 0.150. The molecular formula is C14H11FO3. The maximum atomic E-state index is 13.8. The minimum Gasteiger partial charge on any atom is -0.505 e. The first kappa shape index (κ1) is 12.1. The molecule has 2 aromatic rings. The van der Waals surface area contributed by atoms with Gasteiger partial charge in [-0.3, -0.25) is 0 Å².